The Morgan fingerprint density at radius 1 is 1.24 bits per heavy atom. The van der Waals surface area contributed by atoms with Crippen LogP contribution >= 0.6 is 0 Å². The van der Waals surface area contributed by atoms with E-state index in [1.807, 2.05) is 66.4 Å². The molecule has 0 radical (unpaired) electrons. The summed E-state index contributed by atoms with van der Waals surface area (Å²) < 4.78 is 10.9. The zero-order valence-electron chi connectivity index (χ0n) is 16.7. The highest BCUT2D eigenvalue weighted by atomic mass is 16.5. The first-order valence-corrected chi connectivity index (χ1v) is 10.0. The zero-order chi connectivity index (χ0) is 20.2. The van der Waals surface area contributed by atoms with E-state index in [4.69, 9.17) is 9.26 Å². The van der Waals surface area contributed by atoms with Crippen LogP contribution in [0.5, 0.6) is 5.75 Å². The molecular formula is C23H25N3O3. The average Bonchev–Trinajstić information content (AvgIpc) is 3.44. The molecule has 1 aliphatic rings. The molecule has 0 aliphatic carbocycles. The third-order valence-electron chi connectivity index (χ3n) is 5.50. The van der Waals surface area contributed by atoms with Crippen molar-refractivity contribution in [1.82, 2.24) is 15.0 Å². The van der Waals surface area contributed by atoms with Gasteiger partial charge in [-0.05, 0) is 37.0 Å². The maximum absolute atomic E-state index is 13.3. The maximum atomic E-state index is 13.3. The molecule has 150 valence electrons. The topological polar surface area (TPSA) is 68.5 Å². The highest BCUT2D eigenvalue weighted by molar-refractivity contribution is 5.84. The van der Waals surface area contributed by atoms with Crippen molar-refractivity contribution in [2.75, 3.05) is 13.7 Å². The van der Waals surface area contributed by atoms with Gasteiger partial charge in [0.15, 0.2) is 0 Å². The fourth-order valence-corrected chi connectivity index (χ4v) is 3.98. The van der Waals surface area contributed by atoms with Gasteiger partial charge in [0, 0.05) is 12.1 Å². The van der Waals surface area contributed by atoms with Crippen molar-refractivity contribution < 1.29 is 14.1 Å². The molecule has 2 aromatic carbocycles. The maximum Gasteiger partial charge on any atom is 0.249 e. The average molecular weight is 391 g/mol. The van der Waals surface area contributed by atoms with Crippen LogP contribution in [0, 0.1) is 0 Å². The van der Waals surface area contributed by atoms with Crippen molar-refractivity contribution in [1.29, 1.82) is 0 Å². The summed E-state index contributed by atoms with van der Waals surface area (Å²) in [5.41, 5.74) is 1.87. The number of ether oxygens (including phenoxy) is 1. The molecule has 1 saturated heterocycles. The van der Waals surface area contributed by atoms with Gasteiger partial charge in [0.05, 0.1) is 13.0 Å². The number of carbonyl (C=O) groups is 1. The number of likely N-dealkylation sites (tertiary alicyclic amines) is 1. The third kappa shape index (κ3) is 3.88. The van der Waals surface area contributed by atoms with E-state index in [2.05, 4.69) is 10.1 Å². The molecule has 29 heavy (non-hydrogen) atoms. The van der Waals surface area contributed by atoms with Gasteiger partial charge in [-0.1, -0.05) is 54.5 Å². The van der Waals surface area contributed by atoms with E-state index >= 15 is 0 Å². The van der Waals surface area contributed by atoms with E-state index in [-0.39, 0.29) is 17.9 Å². The van der Waals surface area contributed by atoms with Gasteiger partial charge in [-0.25, -0.2) is 0 Å². The van der Waals surface area contributed by atoms with Gasteiger partial charge in [0.2, 0.25) is 17.6 Å². The van der Waals surface area contributed by atoms with Gasteiger partial charge in [-0.2, -0.15) is 4.98 Å². The van der Waals surface area contributed by atoms with E-state index in [0.29, 0.717) is 18.3 Å². The highest BCUT2D eigenvalue weighted by Crippen LogP contribution is 2.35. The number of rotatable bonds is 6. The Morgan fingerprint density at radius 2 is 2.07 bits per heavy atom. The normalized spacial score (nSPS) is 17.3. The summed E-state index contributed by atoms with van der Waals surface area (Å²) in [7, 11) is 1.62. The van der Waals surface area contributed by atoms with Crippen LogP contribution in [0.4, 0.5) is 0 Å². The molecule has 1 aliphatic heterocycles. The quantitative estimate of drug-likeness (QED) is 0.614. The number of hydrogen-bond acceptors (Lipinski definition) is 5. The van der Waals surface area contributed by atoms with Gasteiger partial charge in [0.25, 0.3) is 0 Å². The van der Waals surface area contributed by atoms with Crippen LogP contribution in [0.1, 0.15) is 49.6 Å². The monoisotopic (exact) mass is 391 g/mol. The van der Waals surface area contributed by atoms with Crippen molar-refractivity contribution in [2.45, 2.75) is 38.1 Å². The minimum absolute atomic E-state index is 0.127. The van der Waals surface area contributed by atoms with Crippen LogP contribution in [0.25, 0.3) is 11.4 Å². The number of hydrogen-bond donors (Lipinski definition) is 0. The number of carbonyl (C=O) groups excluding carboxylic acids is 1. The zero-order valence-corrected chi connectivity index (χ0v) is 16.7. The summed E-state index contributed by atoms with van der Waals surface area (Å²) in [5, 5.41) is 4.14. The predicted molar refractivity (Wildman–Crippen MR) is 109 cm³/mol. The number of aromatic nitrogens is 2. The third-order valence-corrected chi connectivity index (χ3v) is 5.50. The fraction of sp³-hybridized carbons (Fsp3) is 0.348. The summed E-state index contributed by atoms with van der Waals surface area (Å²) in [4.78, 5) is 19.8. The first kappa shape index (κ1) is 19.2. The largest absolute Gasteiger partial charge is 0.497 e. The molecule has 1 amide bonds. The second-order valence-corrected chi connectivity index (χ2v) is 7.25. The molecule has 3 aromatic rings. The second-order valence-electron chi connectivity index (χ2n) is 7.25. The summed E-state index contributed by atoms with van der Waals surface area (Å²) in [6.07, 6.45) is 2.51. The molecule has 2 unspecified atom stereocenters. The lowest BCUT2D eigenvalue weighted by Gasteiger charge is -2.26. The van der Waals surface area contributed by atoms with Crippen LogP contribution < -0.4 is 4.74 Å². The second kappa shape index (κ2) is 8.47. The summed E-state index contributed by atoms with van der Waals surface area (Å²) in [5.74, 6) is 1.71. The van der Waals surface area contributed by atoms with E-state index in [0.717, 1.165) is 36.1 Å². The van der Waals surface area contributed by atoms with Crippen molar-refractivity contribution in [3.05, 3.63) is 66.1 Å². The Morgan fingerprint density at radius 3 is 2.83 bits per heavy atom. The lowest BCUT2D eigenvalue weighted by atomic mass is 9.94. The lowest BCUT2D eigenvalue weighted by Crippen LogP contribution is -2.34. The molecule has 6 heteroatoms. The number of nitrogens with zero attached hydrogens (tertiary/aromatic N) is 3. The van der Waals surface area contributed by atoms with Crippen molar-refractivity contribution in [3.8, 4) is 17.1 Å². The summed E-state index contributed by atoms with van der Waals surface area (Å²) in [6.45, 7) is 2.76. The molecule has 0 bridgehead atoms. The number of methoxy groups -OCH3 is 1. The molecule has 1 aromatic heterocycles. The molecule has 1 fully saturated rings. The number of amides is 1. The minimum Gasteiger partial charge on any atom is -0.497 e. The van der Waals surface area contributed by atoms with E-state index in [1.54, 1.807) is 7.11 Å². The Kier molecular flexibility index (Phi) is 5.60. The number of benzene rings is 2. The van der Waals surface area contributed by atoms with Crippen LogP contribution in [0.3, 0.4) is 0 Å². The Hall–Kier alpha value is -3.15. The fourth-order valence-electron chi connectivity index (χ4n) is 3.98. The van der Waals surface area contributed by atoms with E-state index in [1.165, 1.54) is 0 Å². The highest BCUT2D eigenvalue weighted by Gasteiger charge is 2.37. The van der Waals surface area contributed by atoms with Gasteiger partial charge < -0.3 is 14.2 Å². The first-order valence-electron chi connectivity index (χ1n) is 10.0. The van der Waals surface area contributed by atoms with Gasteiger partial charge in [-0.3, -0.25) is 4.79 Å². The Labute approximate surface area is 170 Å². The van der Waals surface area contributed by atoms with E-state index < -0.39 is 0 Å². The van der Waals surface area contributed by atoms with Crippen molar-refractivity contribution >= 4 is 5.91 Å². The van der Waals surface area contributed by atoms with Gasteiger partial charge in [-0.15, -0.1) is 0 Å². The molecular weight excluding hydrogens is 366 g/mol. The van der Waals surface area contributed by atoms with Crippen LogP contribution in [0.15, 0.2) is 59.1 Å². The van der Waals surface area contributed by atoms with Crippen LogP contribution in [0.2, 0.25) is 0 Å². The molecule has 4 rings (SSSR count). The predicted octanol–water partition coefficient (Wildman–Crippen LogP) is 4.60. The molecule has 2 atom stereocenters. The SMILES string of the molecule is CCC(C(=O)N1CCCC1c1nc(-c2cccc(OC)c2)no1)c1ccccc1. The van der Waals surface area contributed by atoms with Crippen molar-refractivity contribution in [3.63, 3.8) is 0 Å². The summed E-state index contributed by atoms with van der Waals surface area (Å²) >= 11 is 0. The van der Waals surface area contributed by atoms with Crippen molar-refractivity contribution in [2.24, 2.45) is 0 Å². The minimum atomic E-state index is -0.174. The Balaban J connectivity index is 1.57. The molecule has 0 saturated carbocycles. The summed E-state index contributed by atoms with van der Waals surface area (Å²) in [6, 6.07) is 17.3. The molecule has 0 N–H and O–H groups in total. The standard InChI is InChI=1S/C23H25N3O3/c1-3-19(16-9-5-4-6-10-16)23(27)26-14-8-13-20(26)22-24-21(25-29-22)17-11-7-12-18(15-17)28-2/h4-7,9-12,15,19-20H,3,8,13-14H2,1-2H3. The Bertz CT molecular complexity index is 970. The molecule has 0 spiro atoms. The molecule has 6 nitrogen and oxygen atoms in total. The van der Waals surface area contributed by atoms with Gasteiger partial charge in [0.1, 0.15) is 11.8 Å². The molecule has 2 heterocycles. The van der Waals surface area contributed by atoms with E-state index in [9.17, 15) is 4.79 Å². The van der Waals surface area contributed by atoms with Crippen LogP contribution in [-0.4, -0.2) is 34.6 Å². The lowest BCUT2D eigenvalue weighted by molar-refractivity contribution is -0.134. The first-order chi connectivity index (χ1) is 14.2. The smallest absolute Gasteiger partial charge is 0.249 e. The van der Waals surface area contributed by atoms with Gasteiger partial charge >= 0.3 is 0 Å². The van der Waals surface area contributed by atoms with Crippen LogP contribution in [-0.2, 0) is 4.79 Å².